The van der Waals surface area contributed by atoms with Crippen molar-refractivity contribution in [1.82, 2.24) is 4.90 Å². The standard InChI is InChI=1S/C38H35NO7/c1-2-29(22-40)33-35(44-24-27-16-8-4-9-17-27)34(43-23-26-14-6-3-7-15-26)32(38(46-33)45-25-28-18-10-5-11-19-28)39-36(41)30-20-12-13-21-31(30)37(39)42/h3-21,32-35,38,40H,1,22-25H2. The first-order valence-corrected chi connectivity index (χ1v) is 15.2. The summed E-state index contributed by atoms with van der Waals surface area (Å²) in [6, 6.07) is 34.4. The molecule has 5 unspecified atom stereocenters. The van der Waals surface area contributed by atoms with E-state index >= 15 is 0 Å². The predicted octanol–water partition coefficient (Wildman–Crippen LogP) is 5.47. The van der Waals surface area contributed by atoms with Crippen molar-refractivity contribution in [3.05, 3.63) is 161 Å². The number of imide groups is 1. The second-order valence-electron chi connectivity index (χ2n) is 11.1. The number of amides is 2. The quantitative estimate of drug-likeness (QED) is 0.167. The van der Waals surface area contributed by atoms with Crippen molar-refractivity contribution < 1.29 is 33.6 Å². The average Bonchev–Trinajstić information content (AvgIpc) is 3.36. The van der Waals surface area contributed by atoms with Gasteiger partial charge in [-0.1, -0.05) is 110 Å². The molecule has 0 radical (unpaired) electrons. The molecule has 1 N–H and O–H groups in total. The molecule has 0 spiro atoms. The molecular formula is C38H35NO7. The highest BCUT2D eigenvalue weighted by Crippen LogP contribution is 2.38. The van der Waals surface area contributed by atoms with Crippen LogP contribution in [0.3, 0.4) is 0 Å². The molecule has 0 bridgehead atoms. The maximum Gasteiger partial charge on any atom is 0.262 e. The lowest BCUT2D eigenvalue weighted by Crippen LogP contribution is -2.66. The number of benzene rings is 4. The Morgan fingerprint density at radius 3 is 1.57 bits per heavy atom. The van der Waals surface area contributed by atoms with Crippen molar-refractivity contribution >= 4 is 11.8 Å². The van der Waals surface area contributed by atoms with Crippen LogP contribution in [0.2, 0.25) is 0 Å². The van der Waals surface area contributed by atoms with Crippen molar-refractivity contribution in [3.8, 4) is 0 Å². The van der Waals surface area contributed by atoms with E-state index in [1.165, 1.54) is 4.90 Å². The van der Waals surface area contributed by atoms with Crippen LogP contribution in [0.4, 0.5) is 0 Å². The van der Waals surface area contributed by atoms with Gasteiger partial charge in [-0.2, -0.15) is 0 Å². The number of ether oxygens (including phenoxy) is 4. The van der Waals surface area contributed by atoms with Crippen molar-refractivity contribution in [2.45, 2.75) is 50.5 Å². The van der Waals surface area contributed by atoms with Crippen molar-refractivity contribution in [2.24, 2.45) is 0 Å². The van der Waals surface area contributed by atoms with E-state index in [1.54, 1.807) is 24.3 Å². The van der Waals surface area contributed by atoms with Crippen molar-refractivity contribution in [1.29, 1.82) is 0 Å². The van der Waals surface area contributed by atoms with Crippen LogP contribution < -0.4 is 0 Å². The van der Waals surface area contributed by atoms with Gasteiger partial charge < -0.3 is 24.1 Å². The zero-order chi connectivity index (χ0) is 31.9. The van der Waals surface area contributed by atoms with Gasteiger partial charge in [0.25, 0.3) is 11.8 Å². The number of carbonyl (C=O) groups excluding carboxylic acids is 2. The highest BCUT2D eigenvalue weighted by Gasteiger charge is 2.56. The van der Waals surface area contributed by atoms with Crippen molar-refractivity contribution in [3.63, 3.8) is 0 Å². The lowest BCUT2D eigenvalue weighted by Gasteiger charge is -2.48. The first kappa shape index (κ1) is 31.3. The SMILES string of the molecule is C=C=C(CO)C1OC(OCc2ccccc2)C(N2C(=O)c3ccccc3C2=O)C(OCc2ccccc2)C1OCc1ccccc1. The summed E-state index contributed by atoms with van der Waals surface area (Å²) in [7, 11) is 0. The van der Waals surface area contributed by atoms with Gasteiger partial charge in [-0.15, -0.1) is 5.73 Å². The zero-order valence-electron chi connectivity index (χ0n) is 25.2. The molecule has 234 valence electrons. The Labute approximate surface area is 268 Å². The summed E-state index contributed by atoms with van der Waals surface area (Å²) in [6.45, 7) is 3.84. The fourth-order valence-electron chi connectivity index (χ4n) is 5.90. The van der Waals surface area contributed by atoms with Crippen LogP contribution >= 0.6 is 0 Å². The number of aliphatic hydroxyl groups excluding tert-OH is 1. The van der Waals surface area contributed by atoms with Crippen LogP contribution in [0.5, 0.6) is 0 Å². The summed E-state index contributed by atoms with van der Waals surface area (Å²) < 4.78 is 26.2. The van der Waals surface area contributed by atoms with Gasteiger partial charge in [-0.05, 0) is 28.8 Å². The van der Waals surface area contributed by atoms with Crippen LogP contribution in [0.15, 0.2) is 133 Å². The number of hydrogen-bond donors (Lipinski definition) is 1. The molecule has 0 aliphatic carbocycles. The molecule has 1 saturated heterocycles. The topological polar surface area (TPSA) is 94.5 Å². The monoisotopic (exact) mass is 617 g/mol. The fourth-order valence-corrected chi connectivity index (χ4v) is 5.90. The third kappa shape index (κ3) is 6.64. The van der Waals surface area contributed by atoms with Gasteiger partial charge in [0, 0.05) is 5.57 Å². The number of rotatable bonds is 12. The first-order valence-electron chi connectivity index (χ1n) is 15.2. The van der Waals surface area contributed by atoms with Crippen LogP contribution in [-0.4, -0.2) is 59.1 Å². The Morgan fingerprint density at radius 1 is 0.674 bits per heavy atom. The first-order chi connectivity index (χ1) is 22.6. The average molecular weight is 618 g/mol. The Hall–Kier alpha value is -4.66. The number of fused-ring (bicyclic) bond motifs is 1. The minimum Gasteiger partial charge on any atom is -0.391 e. The van der Waals surface area contributed by atoms with Gasteiger partial charge in [-0.25, -0.2) is 0 Å². The summed E-state index contributed by atoms with van der Waals surface area (Å²) in [4.78, 5) is 29.2. The molecular weight excluding hydrogens is 582 g/mol. The van der Waals surface area contributed by atoms with Crippen LogP contribution in [-0.2, 0) is 38.8 Å². The predicted molar refractivity (Wildman–Crippen MR) is 170 cm³/mol. The lowest BCUT2D eigenvalue weighted by atomic mass is 9.91. The number of hydrogen-bond acceptors (Lipinski definition) is 7. The third-order valence-corrected chi connectivity index (χ3v) is 8.21. The second kappa shape index (κ2) is 14.6. The molecule has 2 heterocycles. The molecule has 8 heteroatoms. The summed E-state index contributed by atoms with van der Waals surface area (Å²) in [5, 5.41) is 10.4. The molecule has 2 amide bonds. The Balaban J connectivity index is 1.44. The van der Waals surface area contributed by atoms with Gasteiger partial charge in [-0.3, -0.25) is 14.5 Å². The highest BCUT2D eigenvalue weighted by molar-refractivity contribution is 6.21. The van der Waals surface area contributed by atoms with Crippen molar-refractivity contribution in [2.75, 3.05) is 6.61 Å². The minimum absolute atomic E-state index is 0.130. The van der Waals surface area contributed by atoms with Gasteiger partial charge in [0.15, 0.2) is 6.29 Å². The minimum atomic E-state index is -1.15. The van der Waals surface area contributed by atoms with E-state index < -0.39 is 49.1 Å². The van der Waals surface area contributed by atoms with E-state index in [1.807, 2.05) is 91.0 Å². The molecule has 4 aromatic carbocycles. The van der Waals surface area contributed by atoms with Gasteiger partial charge >= 0.3 is 0 Å². The smallest absolute Gasteiger partial charge is 0.262 e. The molecule has 1 fully saturated rings. The van der Waals surface area contributed by atoms with Gasteiger partial charge in [0.1, 0.15) is 24.4 Å². The summed E-state index contributed by atoms with van der Waals surface area (Å²) >= 11 is 0. The summed E-state index contributed by atoms with van der Waals surface area (Å²) in [6.07, 6.45) is -3.91. The van der Waals surface area contributed by atoms with E-state index in [-0.39, 0.29) is 19.8 Å². The molecule has 4 aromatic rings. The zero-order valence-corrected chi connectivity index (χ0v) is 25.2. The third-order valence-electron chi connectivity index (χ3n) is 8.21. The largest absolute Gasteiger partial charge is 0.391 e. The Bertz CT molecular complexity index is 1650. The summed E-state index contributed by atoms with van der Waals surface area (Å²) in [5.41, 5.74) is 6.38. The second-order valence-corrected chi connectivity index (χ2v) is 11.1. The molecule has 2 aliphatic rings. The molecule has 46 heavy (non-hydrogen) atoms. The molecule has 0 aromatic heterocycles. The van der Waals surface area contributed by atoms with E-state index in [4.69, 9.17) is 18.9 Å². The highest BCUT2D eigenvalue weighted by atomic mass is 16.7. The van der Waals surface area contributed by atoms with Gasteiger partial charge in [0.2, 0.25) is 0 Å². The van der Waals surface area contributed by atoms with E-state index in [0.29, 0.717) is 16.7 Å². The van der Waals surface area contributed by atoms with E-state index in [2.05, 4.69) is 12.3 Å². The van der Waals surface area contributed by atoms with Crippen LogP contribution in [0.25, 0.3) is 0 Å². The number of nitrogens with zero attached hydrogens (tertiary/aromatic N) is 1. The normalized spacial score (nSPS) is 22.4. The van der Waals surface area contributed by atoms with Crippen LogP contribution in [0.1, 0.15) is 37.4 Å². The van der Waals surface area contributed by atoms with E-state index in [9.17, 15) is 14.7 Å². The molecule has 8 nitrogen and oxygen atoms in total. The summed E-state index contributed by atoms with van der Waals surface area (Å²) in [5.74, 6) is -0.949. The van der Waals surface area contributed by atoms with Gasteiger partial charge in [0.05, 0.1) is 37.6 Å². The maximum atomic E-state index is 14.0. The molecule has 0 saturated carbocycles. The molecule has 5 atom stereocenters. The fraction of sp³-hybridized carbons (Fsp3) is 0.237. The van der Waals surface area contributed by atoms with Crippen LogP contribution in [0, 0.1) is 0 Å². The maximum absolute atomic E-state index is 14.0. The molecule has 2 aliphatic heterocycles. The Morgan fingerprint density at radius 2 is 1.11 bits per heavy atom. The Kier molecular flexibility index (Phi) is 9.96. The van der Waals surface area contributed by atoms with E-state index in [0.717, 1.165) is 16.7 Å². The number of aliphatic hydroxyl groups is 1. The number of carbonyl (C=O) groups is 2. The lowest BCUT2D eigenvalue weighted by molar-refractivity contribution is -0.287. The molecule has 6 rings (SSSR count).